The average Bonchev–Trinajstić information content (AvgIpc) is 3.73. The molecule has 0 aromatic heterocycles. The van der Waals surface area contributed by atoms with Gasteiger partial charge in [0, 0.05) is 18.0 Å². The SMILES string of the molecule is CC1(C)C2CN(C(=O)[C@@H](NC(=O)C(F)(F)F)C3(C)CC3)C(C(=O)N[C@H](C#N)C[C@@H]3CC4(CC4)NC3=O)C21. The molecule has 5 rings (SSSR count). The van der Waals surface area contributed by atoms with Gasteiger partial charge in [0.25, 0.3) is 0 Å². The number of rotatable bonds is 7. The first-order valence-electron chi connectivity index (χ1n) is 12.8. The number of likely N-dealkylation sites (tertiary alicyclic amines) is 1. The summed E-state index contributed by atoms with van der Waals surface area (Å²) in [6.45, 7) is 5.77. The molecule has 2 aliphatic heterocycles. The number of amides is 4. The van der Waals surface area contributed by atoms with Crippen LogP contribution in [0.4, 0.5) is 13.2 Å². The first-order valence-corrected chi connectivity index (χ1v) is 12.8. The van der Waals surface area contributed by atoms with Crippen molar-refractivity contribution in [2.24, 2.45) is 28.6 Å². The Morgan fingerprint density at radius 3 is 2.32 bits per heavy atom. The van der Waals surface area contributed by atoms with Gasteiger partial charge in [-0.05, 0) is 61.2 Å². The number of hydrogen-bond acceptors (Lipinski definition) is 5. The van der Waals surface area contributed by atoms with Crippen molar-refractivity contribution in [2.75, 3.05) is 6.54 Å². The summed E-state index contributed by atoms with van der Waals surface area (Å²) >= 11 is 0. The first kappa shape index (κ1) is 25.8. The van der Waals surface area contributed by atoms with E-state index in [9.17, 15) is 37.6 Å². The number of nitrogens with one attached hydrogen (secondary N) is 3. The Hall–Kier alpha value is -2.84. The molecule has 37 heavy (non-hydrogen) atoms. The molecule has 5 fully saturated rings. The number of nitriles is 1. The summed E-state index contributed by atoms with van der Waals surface area (Å²) < 4.78 is 39.0. The molecule has 5 aliphatic rings. The van der Waals surface area contributed by atoms with E-state index in [2.05, 4.69) is 10.6 Å². The molecule has 4 amide bonds. The number of carbonyl (C=O) groups is 4. The predicted molar refractivity (Wildman–Crippen MR) is 122 cm³/mol. The highest BCUT2D eigenvalue weighted by Gasteiger charge is 2.70. The Bertz CT molecular complexity index is 1090. The smallest absolute Gasteiger partial charge is 0.350 e. The Balaban J connectivity index is 1.31. The molecular formula is C25H32F3N5O4. The maximum Gasteiger partial charge on any atom is 0.471 e. The minimum atomic E-state index is -5.14. The van der Waals surface area contributed by atoms with Crippen LogP contribution in [0.15, 0.2) is 0 Å². The molecule has 2 saturated heterocycles. The van der Waals surface area contributed by atoms with Crippen LogP contribution in [0.5, 0.6) is 0 Å². The molecule has 0 aromatic rings. The van der Waals surface area contributed by atoms with Crippen LogP contribution >= 0.6 is 0 Å². The number of carbonyl (C=O) groups excluding carboxylic acids is 4. The molecule has 3 aliphatic carbocycles. The number of nitrogens with zero attached hydrogens (tertiary/aromatic N) is 2. The molecule has 2 heterocycles. The van der Waals surface area contributed by atoms with Gasteiger partial charge in [-0.15, -0.1) is 0 Å². The quantitative estimate of drug-likeness (QED) is 0.464. The van der Waals surface area contributed by atoms with Crippen LogP contribution in [0.2, 0.25) is 0 Å². The van der Waals surface area contributed by atoms with Gasteiger partial charge in [0.15, 0.2) is 0 Å². The minimum Gasteiger partial charge on any atom is -0.350 e. The summed E-state index contributed by atoms with van der Waals surface area (Å²) in [6, 6.07) is -1.27. The summed E-state index contributed by atoms with van der Waals surface area (Å²) in [6.07, 6.45) is -1.61. The van der Waals surface area contributed by atoms with Gasteiger partial charge in [-0.3, -0.25) is 19.2 Å². The zero-order valence-electron chi connectivity index (χ0n) is 21.1. The van der Waals surface area contributed by atoms with Crippen molar-refractivity contribution in [2.45, 2.75) is 89.1 Å². The standard InChI is InChI=1S/C25H32F3N5O4/c1-22(2)14-11-33(20(36)17(23(3)4-5-23)31-21(37)25(26,27)28)16(15(14)22)19(35)30-13(10-29)8-12-9-24(6-7-24)32-18(12)34/h12-17H,4-9,11H2,1-3H3,(H,30,35)(H,31,37)(H,32,34)/t12-,13+,14?,15?,16?,17-/m1/s1. The lowest BCUT2D eigenvalue weighted by Gasteiger charge is -2.35. The molecule has 12 heteroatoms. The van der Waals surface area contributed by atoms with Gasteiger partial charge in [-0.2, -0.15) is 18.4 Å². The number of hydrogen-bond donors (Lipinski definition) is 3. The van der Waals surface area contributed by atoms with Gasteiger partial charge in [-0.1, -0.05) is 20.8 Å². The second kappa shape index (κ2) is 8.08. The summed E-state index contributed by atoms with van der Waals surface area (Å²) in [7, 11) is 0. The van der Waals surface area contributed by atoms with Gasteiger partial charge in [0.05, 0.1) is 6.07 Å². The lowest BCUT2D eigenvalue weighted by Crippen LogP contribution is -2.59. The minimum absolute atomic E-state index is 0.0194. The molecule has 0 bridgehead atoms. The van der Waals surface area contributed by atoms with Gasteiger partial charge in [0.1, 0.15) is 18.1 Å². The van der Waals surface area contributed by atoms with E-state index in [1.54, 1.807) is 6.92 Å². The van der Waals surface area contributed by atoms with Crippen molar-refractivity contribution in [3.63, 3.8) is 0 Å². The second-order valence-electron chi connectivity index (χ2n) is 12.5. The fraction of sp³-hybridized carbons (Fsp3) is 0.800. The Kier molecular flexibility index (Phi) is 5.63. The van der Waals surface area contributed by atoms with Crippen molar-refractivity contribution >= 4 is 23.6 Å². The van der Waals surface area contributed by atoms with E-state index in [0.29, 0.717) is 19.3 Å². The highest BCUT2D eigenvalue weighted by atomic mass is 19.4. The maximum atomic E-state index is 13.6. The molecule has 9 nitrogen and oxygen atoms in total. The van der Waals surface area contributed by atoms with E-state index >= 15 is 0 Å². The molecule has 3 N–H and O–H groups in total. The van der Waals surface area contributed by atoms with Crippen molar-refractivity contribution in [3.8, 4) is 6.07 Å². The number of piperidine rings is 1. The van der Waals surface area contributed by atoms with Crippen LogP contribution in [0.3, 0.4) is 0 Å². The van der Waals surface area contributed by atoms with Crippen LogP contribution < -0.4 is 16.0 Å². The van der Waals surface area contributed by atoms with E-state index in [-0.39, 0.29) is 41.7 Å². The molecule has 3 unspecified atom stereocenters. The van der Waals surface area contributed by atoms with Crippen LogP contribution in [0.25, 0.3) is 0 Å². The van der Waals surface area contributed by atoms with Gasteiger partial charge in [-0.25, -0.2) is 0 Å². The fourth-order valence-corrected chi connectivity index (χ4v) is 6.55. The van der Waals surface area contributed by atoms with Crippen LogP contribution in [0.1, 0.15) is 59.3 Å². The van der Waals surface area contributed by atoms with Crippen molar-refractivity contribution in [3.05, 3.63) is 0 Å². The summed E-state index contributed by atoms with van der Waals surface area (Å²) in [5.74, 6) is -4.21. The van der Waals surface area contributed by atoms with Gasteiger partial charge >= 0.3 is 12.1 Å². The molecule has 0 aromatic carbocycles. The van der Waals surface area contributed by atoms with Gasteiger partial charge in [0.2, 0.25) is 17.7 Å². The molecule has 1 spiro atoms. The van der Waals surface area contributed by atoms with Crippen LogP contribution in [0, 0.1) is 39.9 Å². The number of fused-ring (bicyclic) bond motifs is 1. The Morgan fingerprint density at radius 2 is 1.81 bits per heavy atom. The third-order valence-corrected chi connectivity index (χ3v) is 9.52. The van der Waals surface area contributed by atoms with E-state index < -0.39 is 53.4 Å². The van der Waals surface area contributed by atoms with E-state index in [4.69, 9.17) is 0 Å². The van der Waals surface area contributed by atoms with E-state index in [1.807, 2.05) is 25.2 Å². The number of alkyl halides is 3. The number of halogens is 3. The Labute approximate surface area is 212 Å². The lowest BCUT2D eigenvalue weighted by molar-refractivity contribution is -0.176. The summed E-state index contributed by atoms with van der Waals surface area (Å²) in [5.41, 5.74) is -1.23. The summed E-state index contributed by atoms with van der Waals surface area (Å²) in [5, 5.41) is 17.3. The highest BCUT2D eigenvalue weighted by molar-refractivity contribution is 5.95. The Morgan fingerprint density at radius 1 is 1.16 bits per heavy atom. The average molecular weight is 524 g/mol. The highest BCUT2D eigenvalue weighted by Crippen LogP contribution is 2.65. The van der Waals surface area contributed by atoms with E-state index in [0.717, 1.165) is 12.8 Å². The molecular weight excluding hydrogens is 491 g/mol. The monoisotopic (exact) mass is 523 g/mol. The maximum absolute atomic E-state index is 13.6. The fourth-order valence-electron chi connectivity index (χ4n) is 6.55. The predicted octanol–water partition coefficient (Wildman–Crippen LogP) is 1.38. The first-order chi connectivity index (χ1) is 17.1. The molecule has 3 saturated carbocycles. The third-order valence-electron chi connectivity index (χ3n) is 9.52. The normalized spacial score (nSPS) is 33.0. The topological polar surface area (TPSA) is 131 Å². The molecule has 202 valence electrons. The molecule has 6 atom stereocenters. The third kappa shape index (κ3) is 4.44. The van der Waals surface area contributed by atoms with Crippen molar-refractivity contribution < 1.29 is 32.3 Å². The zero-order chi connectivity index (χ0) is 27.1. The van der Waals surface area contributed by atoms with Crippen molar-refractivity contribution in [1.29, 1.82) is 5.26 Å². The zero-order valence-corrected chi connectivity index (χ0v) is 21.1. The van der Waals surface area contributed by atoms with Crippen LogP contribution in [-0.4, -0.2) is 64.9 Å². The molecule has 0 radical (unpaired) electrons. The lowest BCUT2D eigenvalue weighted by atomic mass is 9.93. The van der Waals surface area contributed by atoms with E-state index in [1.165, 1.54) is 4.90 Å². The summed E-state index contributed by atoms with van der Waals surface area (Å²) in [4.78, 5) is 52.4. The van der Waals surface area contributed by atoms with Gasteiger partial charge < -0.3 is 20.9 Å². The second-order valence-corrected chi connectivity index (χ2v) is 12.5. The van der Waals surface area contributed by atoms with Crippen molar-refractivity contribution in [1.82, 2.24) is 20.9 Å². The largest absolute Gasteiger partial charge is 0.471 e. The van der Waals surface area contributed by atoms with Crippen LogP contribution in [-0.2, 0) is 19.2 Å².